The van der Waals surface area contributed by atoms with Crippen LogP contribution in [-0.2, 0) is 131 Å². The SMILES string of the molecule is C=CC(=O)OCCCCOc1c2cc(CCCCCC)cc1Cc1cc(CCCCCC)cc(c1O)Cc1cc(CCCCCC)cc(c1O)Cc1cc(CCCCCC)cc(c1O)C2.C=CC(=O)OCCCCOc1c2cc(CCCCCC)cc1Cc1cc(CCCCCC)cc(c1O)Cc1cc(CCCCCC)cc(c1OCCCCOC(=O)C=C)Cc1cc(CCCCCC)cc(c1O)C2. The van der Waals surface area contributed by atoms with Crippen LogP contribution >= 0.6 is 0 Å². The summed E-state index contributed by atoms with van der Waals surface area (Å²) in [6.45, 7) is 30.7. The monoisotopic (exact) mass is 1900 g/mol. The number of esters is 3. The van der Waals surface area contributed by atoms with Gasteiger partial charge >= 0.3 is 17.9 Å². The number of rotatable bonds is 61. The molecule has 2 aliphatic carbocycles. The number of phenolic OH excluding ortho intramolecular Hbond substituents is 5. The molecule has 0 amide bonds. The summed E-state index contributed by atoms with van der Waals surface area (Å²) in [5, 5.41) is 62.4. The highest BCUT2D eigenvalue weighted by Gasteiger charge is 2.28. The molecule has 0 saturated carbocycles. The Morgan fingerprint density at radius 2 is 0.345 bits per heavy atom. The van der Waals surface area contributed by atoms with Crippen molar-refractivity contribution in [3.8, 4) is 46.0 Å². The molecule has 0 radical (unpaired) electrons. The third-order valence-corrected chi connectivity index (χ3v) is 27.7. The maximum absolute atomic E-state index is 12.7. The lowest BCUT2D eigenvalue weighted by atomic mass is 9.87. The normalized spacial score (nSPS) is 12.2. The lowest BCUT2D eigenvalue weighted by Gasteiger charge is -2.23. The Balaban J connectivity index is 0.000000313. The van der Waals surface area contributed by atoms with Crippen LogP contribution in [0, 0.1) is 0 Å². The smallest absolute Gasteiger partial charge is 0.330 e. The van der Waals surface area contributed by atoms with E-state index >= 15 is 0 Å². The average molecular weight is 1900 g/mol. The number of hydrogen-bond donors (Lipinski definition) is 5. The number of benzene rings is 8. The highest BCUT2D eigenvalue weighted by molar-refractivity contribution is 5.82. The van der Waals surface area contributed by atoms with Gasteiger partial charge in [-0.2, -0.15) is 0 Å². The fourth-order valence-electron chi connectivity index (χ4n) is 20.0. The minimum absolute atomic E-state index is 0.255. The van der Waals surface area contributed by atoms with E-state index in [2.05, 4.69) is 172 Å². The molecule has 8 aromatic carbocycles. The second-order valence-electron chi connectivity index (χ2n) is 39.7. The molecule has 0 aromatic heterocycles. The van der Waals surface area contributed by atoms with Crippen molar-refractivity contribution in [1.29, 1.82) is 0 Å². The number of carbonyl (C=O) groups is 3. The van der Waals surface area contributed by atoms with Gasteiger partial charge in [-0.05, 0) is 275 Å². The fourth-order valence-corrected chi connectivity index (χ4v) is 20.0. The molecule has 14 heteroatoms. The van der Waals surface area contributed by atoms with E-state index in [-0.39, 0.29) is 30.5 Å². The standard InChI is InChI=1S/C66H92O8.C59H82O6/c1-7-13-17-21-29-49-37-53-45-57-41-51(31-23-19-15-9-3)43-59(65(57)73-35-27-25-33-71-61(67)11-5)47-55-39-50(30-22-18-14-8-2)40-56(64(55)70)48-60-44-52(32-24-20-16-10-4)42-58(46-54(38-49)63(53)69)66(60)74-36-28-26-34-72-62(68)12-6;1-6-11-15-19-25-43-31-47-39-49-33-44(26-20-16-12-7-2)35-51(57(49)62)41-53-37-46(28-22-18-14-9-4)38-54(59(53)65-30-24-23-29-64-55(60)10-5)42-52-36-45(27-21-17-13-8-3)34-50(58(52)63)40-48(32-43)56(47)61/h11-12,37-44,69-70H,5-10,13-36,45-48H2,1-4H3;10,31-38,61-63H,5-9,11-30,39-42H2,1-4H3. The maximum atomic E-state index is 12.7. The summed E-state index contributed by atoms with van der Waals surface area (Å²) in [5.41, 5.74) is 24.5. The Hall–Kier alpha value is -10.2. The number of phenols is 5. The number of fused-ring (bicyclic) bond motifs is 16. The van der Waals surface area contributed by atoms with Crippen LogP contribution in [0.4, 0.5) is 0 Å². The predicted molar refractivity (Wildman–Crippen MR) is 573 cm³/mol. The number of ether oxygens (including phenoxy) is 6. The molecule has 0 heterocycles. The average Bonchev–Trinajstić information content (AvgIpc) is 0.777. The first-order valence-corrected chi connectivity index (χ1v) is 54.7. The predicted octanol–water partition coefficient (Wildman–Crippen LogP) is 30.9. The fraction of sp³-hybridized carbons (Fsp3) is 0.544. The molecule has 0 saturated heterocycles. The minimum atomic E-state index is -0.428. The van der Waals surface area contributed by atoms with Gasteiger partial charge in [0.05, 0.1) is 39.6 Å². The minimum Gasteiger partial charge on any atom is -0.507 e. The Kier molecular flexibility index (Phi) is 51.4. The van der Waals surface area contributed by atoms with Crippen molar-refractivity contribution in [3.05, 3.63) is 269 Å². The molecule has 758 valence electrons. The van der Waals surface area contributed by atoms with E-state index in [1.807, 2.05) is 0 Å². The number of hydrogen-bond acceptors (Lipinski definition) is 14. The molecule has 5 N–H and O–H groups in total. The van der Waals surface area contributed by atoms with Crippen LogP contribution in [0.15, 0.2) is 135 Å². The molecule has 139 heavy (non-hydrogen) atoms. The molecule has 0 fully saturated rings. The first kappa shape index (κ1) is 112. The van der Waals surface area contributed by atoms with E-state index in [1.165, 1.54) is 140 Å². The number of carbonyl (C=O) groups excluding carboxylic acids is 3. The molecule has 2 aliphatic rings. The molecule has 0 unspecified atom stereocenters. The largest absolute Gasteiger partial charge is 0.507 e. The van der Waals surface area contributed by atoms with Crippen molar-refractivity contribution in [2.45, 2.75) is 402 Å². The van der Waals surface area contributed by atoms with Crippen molar-refractivity contribution >= 4 is 17.9 Å². The van der Waals surface area contributed by atoms with Gasteiger partial charge in [-0.3, -0.25) is 0 Å². The van der Waals surface area contributed by atoms with Gasteiger partial charge in [-0.15, -0.1) is 0 Å². The summed E-state index contributed by atoms with van der Waals surface area (Å²) in [6.07, 6.45) is 55.4. The zero-order valence-electron chi connectivity index (χ0n) is 86.9. The van der Waals surface area contributed by atoms with Crippen molar-refractivity contribution in [3.63, 3.8) is 0 Å². The van der Waals surface area contributed by atoms with Crippen molar-refractivity contribution in [2.75, 3.05) is 39.6 Å². The van der Waals surface area contributed by atoms with E-state index in [4.69, 9.17) is 28.4 Å². The third kappa shape index (κ3) is 38.0. The van der Waals surface area contributed by atoms with Crippen LogP contribution in [0.2, 0.25) is 0 Å². The zero-order valence-corrected chi connectivity index (χ0v) is 86.9. The maximum Gasteiger partial charge on any atom is 0.330 e. The summed E-state index contributed by atoms with van der Waals surface area (Å²) in [7, 11) is 0. The van der Waals surface area contributed by atoms with Gasteiger partial charge < -0.3 is 54.0 Å². The third-order valence-electron chi connectivity index (χ3n) is 27.7. The van der Waals surface area contributed by atoms with Gasteiger partial charge in [0.1, 0.15) is 46.0 Å². The summed E-state index contributed by atoms with van der Waals surface area (Å²) in [4.78, 5) is 35.4. The first-order valence-electron chi connectivity index (χ1n) is 54.7. The van der Waals surface area contributed by atoms with Crippen LogP contribution in [0.3, 0.4) is 0 Å². The van der Waals surface area contributed by atoms with Gasteiger partial charge in [0.2, 0.25) is 0 Å². The number of unbranched alkanes of at least 4 members (excludes halogenated alkanes) is 27. The topological polar surface area (TPSA) is 208 Å². The van der Waals surface area contributed by atoms with Gasteiger partial charge in [-0.25, -0.2) is 14.4 Å². The lowest BCUT2D eigenvalue weighted by molar-refractivity contribution is -0.138. The molecule has 14 nitrogen and oxygen atoms in total. The second-order valence-corrected chi connectivity index (χ2v) is 39.7. The summed E-state index contributed by atoms with van der Waals surface area (Å²) in [6, 6.07) is 35.8. The van der Waals surface area contributed by atoms with E-state index in [0.29, 0.717) is 128 Å². The van der Waals surface area contributed by atoms with E-state index < -0.39 is 17.9 Å². The Bertz CT molecular complexity index is 4740. The van der Waals surface area contributed by atoms with Crippen molar-refractivity contribution in [2.24, 2.45) is 0 Å². The molecule has 0 spiro atoms. The Morgan fingerprint density at radius 1 is 0.209 bits per heavy atom. The number of aromatic hydroxyl groups is 5. The van der Waals surface area contributed by atoms with E-state index in [9.17, 15) is 39.9 Å². The van der Waals surface area contributed by atoms with E-state index in [0.717, 1.165) is 286 Å². The summed E-state index contributed by atoms with van der Waals surface area (Å²) < 4.78 is 36.6. The van der Waals surface area contributed by atoms with Gasteiger partial charge in [0, 0.05) is 69.6 Å². The molecule has 8 aromatic rings. The molecule has 16 bridgehead atoms. The summed E-state index contributed by atoms with van der Waals surface area (Å²) >= 11 is 0. The highest BCUT2D eigenvalue weighted by atomic mass is 16.5. The first-order chi connectivity index (χ1) is 67.8. The quantitative estimate of drug-likeness (QED) is 0.0104. The molecule has 0 atom stereocenters. The van der Waals surface area contributed by atoms with Crippen LogP contribution in [0.1, 0.15) is 433 Å². The number of aryl methyl sites for hydroxylation is 8. The van der Waals surface area contributed by atoms with Crippen LogP contribution in [0.25, 0.3) is 0 Å². The van der Waals surface area contributed by atoms with Crippen LogP contribution < -0.4 is 14.2 Å². The van der Waals surface area contributed by atoms with Gasteiger partial charge in [0.15, 0.2) is 0 Å². The molecule has 0 aliphatic heterocycles. The van der Waals surface area contributed by atoms with Gasteiger partial charge in [-0.1, -0.05) is 326 Å². The Labute approximate surface area is 837 Å². The van der Waals surface area contributed by atoms with Crippen molar-refractivity contribution < 1.29 is 68.3 Å². The van der Waals surface area contributed by atoms with Crippen molar-refractivity contribution in [1.82, 2.24) is 0 Å². The summed E-state index contributed by atoms with van der Waals surface area (Å²) in [5.74, 6) is 2.55. The highest BCUT2D eigenvalue weighted by Crippen LogP contribution is 2.45. The second kappa shape index (κ2) is 63.6. The van der Waals surface area contributed by atoms with E-state index in [1.54, 1.807) is 0 Å². The Morgan fingerprint density at radius 3 is 0.489 bits per heavy atom. The molecular weight excluding hydrogens is 1730 g/mol. The molecular formula is C125H174O14. The van der Waals surface area contributed by atoms with Gasteiger partial charge in [0.25, 0.3) is 0 Å². The van der Waals surface area contributed by atoms with Crippen LogP contribution in [0.5, 0.6) is 46.0 Å². The zero-order chi connectivity index (χ0) is 99.3. The lowest BCUT2D eigenvalue weighted by Crippen LogP contribution is -2.10. The van der Waals surface area contributed by atoms with Crippen LogP contribution in [-0.4, -0.2) is 83.1 Å². The molecule has 10 rings (SSSR count).